The van der Waals surface area contributed by atoms with Gasteiger partial charge in [0.25, 0.3) is 0 Å². The first kappa shape index (κ1) is 14.9. The molecule has 1 aromatic rings. The standard InChI is InChI=1S/C17H27NS/c1-12-9-14(3)16(10-13(12)2)17(18)11-19-15-7-5-4-6-8-15/h9-10,15,17H,4-8,11,18H2,1-3H3. The molecule has 0 spiro atoms. The molecule has 1 aliphatic carbocycles. The van der Waals surface area contributed by atoms with E-state index in [4.69, 9.17) is 5.73 Å². The van der Waals surface area contributed by atoms with E-state index in [-0.39, 0.29) is 6.04 Å². The van der Waals surface area contributed by atoms with E-state index < -0.39 is 0 Å². The van der Waals surface area contributed by atoms with E-state index in [1.54, 1.807) is 0 Å². The molecule has 0 saturated heterocycles. The van der Waals surface area contributed by atoms with Gasteiger partial charge in [-0.15, -0.1) is 0 Å². The van der Waals surface area contributed by atoms with Crippen LogP contribution in [0.2, 0.25) is 0 Å². The topological polar surface area (TPSA) is 26.0 Å². The Morgan fingerprint density at radius 1 is 1.05 bits per heavy atom. The summed E-state index contributed by atoms with van der Waals surface area (Å²) in [5.41, 5.74) is 11.8. The number of nitrogens with two attached hydrogens (primary N) is 1. The van der Waals surface area contributed by atoms with Crippen molar-refractivity contribution in [2.75, 3.05) is 5.75 Å². The number of rotatable bonds is 4. The molecule has 2 heteroatoms. The molecule has 19 heavy (non-hydrogen) atoms. The highest BCUT2D eigenvalue weighted by atomic mass is 32.2. The van der Waals surface area contributed by atoms with Gasteiger partial charge in [-0.25, -0.2) is 0 Å². The van der Waals surface area contributed by atoms with Crippen molar-refractivity contribution in [2.45, 2.75) is 64.2 Å². The van der Waals surface area contributed by atoms with E-state index >= 15 is 0 Å². The predicted molar refractivity (Wildman–Crippen MR) is 86.9 cm³/mol. The third kappa shape index (κ3) is 4.00. The quantitative estimate of drug-likeness (QED) is 0.865. The summed E-state index contributed by atoms with van der Waals surface area (Å²) in [5, 5.41) is 0.853. The van der Waals surface area contributed by atoms with Crippen LogP contribution in [0.25, 0.3) is 0 Å². The van der Waals surface area contributed by atoms with Crippen LogP contribution in [0.3, 0.4) is 0 Å². The second kappa shape index (κ2) is 6.81. The zero-order valence-corrected chi connectivity index (χ0v) is 13.4. The van der Waals surface area contributed by atoms with E-state index in [0.717, 1.165) is 11.0 Å². The lowest BCUT2D eigenvalue weighted by Gasteiger charge is -2.23. The monoisotopic (exact) mass is 277 g/mol. The zero-order chi connectivity index (χ0) is 13.8. The van der Waals surface area contributed by atoms with Crippen LogP contribution in [-0.2, 0) is 0 Å². The summed E-state index contributed by atoms with van der Waals surface area (Å²) in [6.07, 6.45) is 7.04. The van der Waals surface area contributed by atoms with Gasteiger partial charge in [-0.3, -0.25) is 0 Å². The zero-order valence-electron chi connectivity index (χ0n) is 12.5. The Morgan fingerprint density at radius 3 is 2.37 bits per heavy atom. The maximum Gasteiger partial charge on any atom is 0.0389 e. The van der Waals surface area contributed by atoms with Crippen molar-refractivity contribution < 1.29 is 0 Å². The molecule has 2 rings (SSSR count). The Balaban J connectivity index is 1.95. The molecule has 0 radical (unpaired) electrons. The van der Waals surface area contributed by atoms with Crippen LogP contribution in [-0.4, -0.2) is 11.0 Å². The highest BCUT2D eigenvalue weighted by molar-refractivity contribution is 7.99. The van der Waals surface area contributed by atoms with Crippen LogP contribution in [0, 0.1) is 20.8 Å². The molecular weight excluding hydrogens is 250 g/mol. The normalized spacial score (nSPS) is 18.5. The lowest BCUT2D eigenvalue weighted by atomic mass is 9.97. The van der Waals surface area contributed by atoms with Crippen LogP contribution >= 0.6 is 11.8 Å². The summed E-state index contributed by atoms with van der Waals surface area (Å²) in [4.78, 5) is 0. The van der Waals surface area contributed by atoms with E-state index in [9.17, 15) is 0 Å². The van der Waals surface area contributed by atoms with E-state index in [0.29, 0.717) is 0 Å². The van der Waals surface area contributed by atoms with Crippen molar-refractivity contribution >= 4 is 11.8 Å². The molecule has 1 aliphatic rings. The minimum Gasteiger partial charge on any atom is -0.323 e. The molecule has 2 N–H and O–H groups in total. The van der Waals surface area contributed by atoms with Crippen molar-refractivity contribution in [3.8, 4) is 0 Å². The first-order valence-corrected chi connectivity index (χ1v) is 8.57. The number of aryl methyl sites for hydroxylation is 3. The van der Waals surface area contributed by atoms with Gasteiger partial charge in [0.05, 0.1) is 0 Å². The number of hydrogen-bond donors (Lipinski definition) is 1. The molecule has 0 aromatic heterocycles. The van der Waals surface area contributed by atoms with Crippen LogP contribution in [0.1, 0.15) is 60.4 Å². The predicted octanol–water partition coefficient (Wildman–Crippen LogP) is 4.68. The summed E-state index contributed by atoms with van der Waals surface area (Å²) in [6.45, 7) is 6.54. The fourth-order valence-electron chi connectivity index (χ4n) is 2.94. The average molecular weight is 277 g/mol. The van der Waals surface area contributed by atoms with Gasteiger partial charge in [-0.2, -0.15) is 11.8 Å². The maximum absolute atomic E-state index is 6.41. The SMILES string of the molecule is Cc1cc(C)c(C(N)CSC2CCCCC2)cc1C. The van der Waals surface area contributed by atoms with Gasteiger partial charge >= 0.3 is 0 Å². The molecule has 1 unspecified atom stereocenters. The van der Waals surface area contributed by atoms with E-state index in [2.05, 4.69) is 44.7 Å². The van der Waals surface area contributed by atoms with Crippen molar-refractivity contribution in [1.29, 1.82) is 0 Å². The average Bonchev–Trinajstić information content (AvgIpc) is 2.41. The van der Waals surface area contributed by atoms with E-state index in [1.165, 1.54) is 54.4 Å². The first-order chi connectivity index (χ1) is 9.08. The van der Waals surface area contributed by atoms with Crippen molar-refractivity contribution in [1.82, 2.24) is 0 Å². The third-order valence-electron chi connectivity index (χ3n) is 4.35. The van der Waals surface area contributed by atoms with Crippen LogP contribution in [0.15, 0.2) is 12.1 Å². The summed E-state index contributed by atoms with van der Waals surface area (Å²) in [5.74, 6) is 1.06. The van der Waals surface area contributed by atoms with Crippen LogP contribution in [0.4, 0.5) is 0 Å². The highest BCUT2D eigenvalue weighted by Gasteiger charge is 2.17. The van der Waals surface area contributed by atoms with Gasteiger partial charge < -0.3 is 5.73 Å². The van der Waals surface area contributed by atoms with Crippen LogP contribution < -0.4 is 5.73 Å². The van der Waals surface area contributed by atoms with Crippen molar-refractivity contribution in [2.24, 2.45) is 5.73 Å². The summed E-state index contributed by atoms with van der Waals surface area (Å²) in [6, 6.07) is 4.75. The Morgan fingerprint density at radius 2 is 1.68 bits per heavy atom. The molecule has 0 heterocycles. The van der Waals surface area contributed by atoms with Gasteiger partial charge in [0.15, 0.2) is 0 Å². The van der Waals surface area contributed by atoms with Gasteiger partial charge in [-0.05, 0) is 55.9 Å². The summed E-state index contributed by atoms with van der Waals surface area (Å²) < 4.78 is 0. The minimum atomic E-state index is 0.186. The Bertz CT molecular complexity index is 422. The minimum absolute atomic E-state index is 0.186. The Kier molecular flexibility index (Phi) is 5.35. The Labute approximate surface area is 122 Å². The Hall–Kier alpha value is -0.470. The smallest absolute Gasteiger partial charge is 0.0389 e. The lowest BCUT2D eigenvalue weighted by molar-refractivity contribution is 0.515. The second-order valence-corrected chi connectivity index (χ2v) is 7.33. The van der Waals surface area contributed by atoms with Crippen molar-refractivity contribution in [3.05, 3.63) is 34.4 Å². The molecule has 0 aliphatic heterocycles. The first-order valence-electron chi connectivity index (χ1n) is 7.53. The number of thioether (sulfide) groups is 1. The summed E-state index contributed by atoms with van der Waals surface area (Å²) in [7, 11) is 0. The summed E-state index contributed by atoms with van der Waals surface area (Å²) >= 11 is 2.09. The van der Waals surface area contributed by atoms with Gasteiger partial charge in [0.2, 0.25) is 0 Å². The highest BCUT2D eigenvalue weighted by Crippen LogP contribution is 2.31. The van der Waals surface area contributed by atoms with Gasteiger partial charge in [0, 0.05) is 17.0 Å². The molecule has 1 atom stereocenters. The van der Waals surface area contributed by atoms with E-state index in [1.807, 2.05) is 0 Å². The molecule has 0 bridgehead atoms. The molecule has 0 amide bonds. The largest absolute Gasteiger partial charge is 0.323 e. The number of benzene rings is 1. The van der Waals surface area contributed by atoms with Crippen molar-refractivity contribution in [3.63, 3.8) is 0 Å². The molecule has 106 valence electrons. The van der Waals surface area contributed by atoms with Gasteiger partial charge in [-0.1, -0.05) is 31.4 Å². The van der Waals surface area contributed by atoms with Gasteiger partial charge in [0.1, 0.15) is 0 Å². The molecule has 1 aromatic carbocycles. The third-order valence-corrected chi connectivity index (χ3v) is 5.84. The molecule has 1 nitrogen and oxygen atoms in total. The molecule has 1 saturated carbocycles. The fourth-order valence-corrected chi connectivity index (χ4v) is 4.27. The maximum atomic E-state index is 6.41. The second-order valence-electron chi connectivity index (χ2n) is 5.99. The fraction of sp³-hybridized carbons (Fsp3) is 0.647. The molecule has 1 fully saturated rings. The lowest BCUT2D eigenvalue weighted by Crippen LogP contribution is -2.18. The number of hydrogen-bond acceptors (Lipinski definition) is 2. The molecular formula is C17H27NS. The van der Waals surface area contributed by atoms with Crippen LogP contribution in [0.5, 0.6) is 0 Å².